The lowest BCUT2D eigenvalue weighted by molar-refractivity contribution is -0.191. The third kappa shape index (κ3) is 3.35. The van der Waals surface area contributed by atoms with E-state index in [1.54, 1.807) is 12.1 Å². The fourth-order valence-corrected chi connectivity index (χ4v) is 2.05. The first-order valence-corrected chi connectivity index (χ1v) is 6.49. The van der Waals surface area contributed by atoms with Crippen LogP contribution < -0.4 is 4.74 Å². The fourth-order valence-electron chi connectivity index (χ4n) is 2.05. The SMILES string of the molecule is CC(C)(C)c1ccc2c(c1)OC(C(F)(F)F)C(OC(=O)O)=C2. The van der Waals surface area contributed by atoms with Crippen LogP contribution in [0.3, 0.4) is 0 Å². The largest absolute Gasteiger partial charge is 0.511 e. The summed E-state index contributed by atoms with van der Waals surface area (Å²) in [6.07, 6.45) is -8.00. The molecule has 0 bridgehead atoms. The van der Waals surface area contributed by atoms with Gasteiger partial charge in [0.2, 0.25) is 0 Å². The average molecular weight is 316 g/mol. The van der Waals surface area contributed by atoms with Crippen molar-refractivity contribution in [3.8, 4) is 5.75 Å². The Morgan fingerprint density at radius 2 is 1.91 bits per heavy atom. The molecule has 0 saturated carbocycles. The molecule has 0 spiro atoms. The summed E-state index contributed by atoms with van der Waals surface area (Å²) in [5, 5.41) is 8.56. The molecule has 0 radical (unpaired) electrons. The molecule has 7 heteroatoms. The van der Waals surface area contributed by atoms with E-state index in [1.165, 1.54) is 6.07 Å². The second-order valence-corrected chi connectivity index (χ2v) is 5.96. The summed E-state index contributed by atoms with van der Waals surface area (Å²) in [6, 6.07) is 4.86. The molecule has 120 valence electrons. The van der Waals surface area contributed by atoms with Crippen LogP contribution in [0.5, 0.6) is 5.75 Å². The number of benzene rings is 1. The zero-order valence-electron chi connectivity index (χ0n) is 12.2. The van der Waals surface area contributed by atoms with Gasteiger partial charge in [0.1, 0.15) is 5.75 Å². The van der Waals surface area contributed by atoms with Gasteiger partial charge in [-0.3, -0.25) is 0 Å². The Morgan fingerprint density at radius 3 is 2.41 bits per heavy atom. The van der Waals surface area contributed by atoms with E-state index in [9.17, 15) is 18.0 Å². The highest BCUT2D eigenvalue weighted by atomic mass is 19.4. The Morgan fingerprint density at radius 1 is 1.27 bits per heavy atom. The first kappa shape index (κ1) is 16.2. The van der Waals surface area contributed by atoms with Crippen LogP contribution in [0.25, 0.3) is 6.08 Å². The summed E-state index contributed by atoms with van der Waals surface area (Å²) in [4.78, 5) is 10.6. The first-order valence-electron chi connectivity index (χ1n) is 6.49. The number of carbonyl (C=O) groups is 1. The number of carboxylic acid groups (broad SMARTS) is 1. The molecule has 1 aromatic carbocycles. The molecule has 4 nitrogen and oxygen atoms in total. The molecule has 1 heterocycles. The van der Waals surface area contributed by atoms with Crippen molar-refractivity contribution in [2.45, 2.75) is 38.5 Å². The van der Waals surface area contributed by atoms with E-state index in [1.807, 2.05) is 20.8 Å². The molecular weight excluding hydrogens is 301 g/mol. The summed E-state index contributed by atoms with van der Waals surface area (Å²) in [5.41, 5.74) is 0.890. The Kier molecular flexibility index (Phi) is 3.85. The van der Waals surface area contributed by atoms with Crippen molar-refractivity contribution in [3.63, 3.8) is 0 Å². The molecule has 1 aromatic rings. The number of hydrogen-bond acceptors (Lipinski definition) is 3. The zero-order valence-corrected chi connectivity index (χ0v) is 12.2. The lowest BCUT2D eigenvalue weighted by atomic mass is 9.86. The van der Waals surface area contributed by atoms with Gasteiger partial charge in [-0.25, -0.2) is 4.79 Å². The van der Waals surface area contributed by atoms with E-state index in [0.717, 1.165) is 11.6 Å². The number of hydrogen-bond donors (Lipinski definition) is 1. The van der Waals surface area contributed by atoms with Crippen LogP contribution in [0.15, 0.2) is 24.0 Å². The third-order valence-electron chi connectivity index (χ3n) is 3.18. The summed E-state index contributed by atoms with van der Waals surface area (Å²) in [6.45, 7) is 5.77. The predicted octanol–water partition coefficient (Wildman–Crippen LogP) is 4.34. The number of halogens is 3. The maximum atomic E-state index is 13.0. The molecule has 0 fully saturated rings. The number of ether oxygens (including phenoxy) is 2. The van der Waals surface area contributed by atoms with Crippen molar-refractivity contribution in [2.24, 2.45) is 0 Å². The Labute approximate surface area is 125 Å². The van der Waals surface area contributed by atoms with Crippen LogP contribution in [0, 0.1) is 0 Å². The Hall–Kier alpha value is -2.18. The van der Waals surface area contributed by atoms with E-state index < -0.39 is 24.2 Å². The van der Waals surface area contributed by atoms with E-state index in [2.05, 4.69) is 4.74 Å². The first-order chi connectivity index (χ1) is 9.98. The van der Waals surface area contributed by atoms with Gasteiger partial charge < -0.3 is 14.6 Å². The highest BCUT2D eigenvalue weighted by Gasteiger charge is 2.48. The topological polar surface area (TPSA) is 55.8 Å². The van der Waals surface area contributed by atoms with Crippen LogP contribution in [0.1, 0.15) is 31.9 Å². The van der Waals surface area contributed by atoms with Gasteiger partial charge in [0.25, 0.3) is 6.10 Å². The molecule has 0 amide bonds. The zero-order chi connectivity index (χ0) is 16.7. The van der Waals surface area contributed by atoms with Crippen LogP contribution in [0.2, 0.25) is 0 Å². The highest BCUT2D eigenvalue weighted by Crippen LogP contribution is 2.39. The van der Waals surface area contributed by atoms with Gasteiger partial charge in [-0.1, -0.05) is 32.9 Å². The molecule has 1 unspecified atom stereocenters. The third-order valence-corrected chi connectivity index (χ3v) is 3.18. The maximum absolute atomic E-state index is 13.0. The second-order valence-electron chi connectivity index (χ2n) is 5.96. The van der Waals surface area contributed by atoms with Crippen molar-refractivity contribution >= 4 is 12.2 Å². The maximum Gasteiger partial charge on any atom is 0.511 e. The minimum atomic E-state index is -4.78. The molecule has 0 aromatic heterocycles. The quantitative estimate of drug-likeness (QED) is 0.783. The summed E-state index contributed by atoms with van der Waals surface area (Å²) in [7, 11) is 0. The molecule has 2 rings (SSSR count). The number of alkyl halides is 3. The number of fused-ring (bicyclic) bond motifs is 1. The van der Waals surface area contributed by atoms with Crippen LogP contribution >= 0.6 is 0 Å². The van der Waals surface area contributed by atoms with Gasteiger partial charge in [0, 0.05) is 5.56 Å². The normalized spacial score (nSPS) is 18.1. The molecule has 0 aliphatic carbocycles. The average Bonchev–Trinajstić information content (AvgIpc) is 2.34. The molecule has 1 atom stereocenters. The van der Waals surface area contributed by atoms with Crippen molar-refractivity contribution < 1.29 is 32.5 Å². The van der Waals surface area contributed by atoms with Gasteiger partial charge in [-0.2, -0.15) is 13.2 Å². The lowest BCUT2D eigenvalue weighted by Gasteiger charge is -2.29. The minimum Gasteiger partial charge on any atom is -0.472 e. The van der Waals surface area contributed by atoms with Crippen LogP contribution in [-0.2, 0) is 10.2 Å². The molecular formula is C15H15F3O4. The standard InChI is InChI=1S/C15H15F3O4/c1-14(2,3)9-5-4-8-6-11(22-13(19)20)12(15(16,17)18)21-10(8)7-9/h4-7,12H,1-3H3,(H,19,20). The summed E-state index contributed by atoms with van der Waals surface area (Å²) < 4.78 is 48.3. The molecule has 1 aliphatic rings. The van der Waals surface area contributed by atoms with Crippen LogP contribution in [-0.4, -0.2) is 23.5 Å². The van der Waals surface area contributed by atoms with Gasteiger partial charge in [-0.15, -0.1) is 0 Å². The van der Waals surface area contributed by atoms with Gasteiger partial charge in [0.15, 0.2) is 5.76 Å². The smallest absolute Gasteiger partial charge is 0.472 e. The summed E-state index contributed by atoms with van der Waals surface area (Å²) >= 11 is 0. The second kappa shape index (κ2) is 5.23. The predicted molar refractivity (Wildman–Crippen MR) is 72.7 cm³/mol. The Bertz CT molecular complexity index is 627. The minimum absolute atomic E-state index is 0.0486. The molecule has 1 N–H and O–H groups in total. The van der Waals surface area contributed by atoms with Crippen molar-refractivity contribution in [2.75, 3.05) is 0 Å². The van der Waals surface area contributed by atoms with Gasteiger partial charge in [0.05, 0.1) is 0 Å². The summed E-state index contributed by atoms with van der Waals surface area (Å²) in [5.74, 6) is -0.747. The molecule has 0 saturated heterocycles. The molecule has 22 heavy (non-hydrogen) atoms. The van der Waals surface area contributed by atoms with E-state index in [0.29, 0.717) is 5.56 Å². The fraction of sp³-hybridized carbons (Fsp3) is 0.400. The monoisotopic (exact) mass is 316 g/mol. The van der Waals surface area contributed by atoms with Crippen molar-refractivity contribution in [3.05, 3.63) is 35.1 Å². The lowest BCUT2D eigenvalue weighted by Crippen LogP contribution is -2.39. The number of rotatable bonds is 1. The van der Waals surface area contributed by atoms with E-state index in [4.69, 9.17) is 9.84 Å². The van der Waals surface area contributed by atoms with Crippen molar-refractivity contribution in [1.82, 2.24) is 0 Å². The van der Waals surface area contributed by atoms with Gasteiger partial charge in [-0.05, 0) is 23.1 Å². The van der Waals surface area contributed by atoms with E-state index in [-0.39, 0.29) is 11.2 Å². The molecule has 1 aliphatic heterocycles. The van der Waals surface area contributed by atoms with Crippen LogP contribution in [0.4, 0.5) is 18.0 Å². The Balaban J connectivity index is 2.48. The highest BCUT2D eigenvalue weighted by molar-refractivity contribution is 5.67. The van der Waals surface area contributed by atoms with Crippen molar-refractivity contribution in [1.29, 1.82) is 0 Å². The van der Waals surface area contributed by atoms with E-state index >= 15 is 0 Å². The van der Waals surface area contributed by atoms with Gasteiger partial charge >= 0.3 is 12.3 Å².